The third-order valence-electron chi connectivity index (χ3n) is 6.10. The predicted molar refractivity (Wildman–Crippen MR) is 91.1 cm³/mol. The van der Waals surface area contributed by atoms with Gasteiger partial charge in [-0.15, -0.1) is 0 Å². The summed E-state index contributed by atoms with van der Waals surface area (Å²) in [5, 5.41) is 15.8. The molecule has 0 atom stereocenters. The van der Waals surface area contributed by atoms with Crippen molar-refractivity contribution in [3.8, 4) is 0 Å². The number of carbonyl (C=O) groups is 1. The molecule has 1 aromatic heterocycles. The molecule has 4 aliphatic rings. The second-order valence-electron chi connectivity index (χ2n) is 8.18. The van der Waals surface area contributed by atoms with Crippen LogP contribution in [0.25, 0.3) is 0 Å². The molecule has 7 nitrogen and oxygen atoms in total. The maximum absolute atomic E-state index is 13.0. The first-order valence-corrected chi connectivity index (χ1v) is 9.08. The fourth-order valence-corrected chi connectivity index (χ4v) is 4.60. The lowest BCUT2D eigenvalue weighted by atomic mass is 9.39. The number of nitrogens with two attached hydrogens (primary N) is 1. The lowest BCUT2D eigenvalue weighted by Crippen LogP contribution is -2.75. The van der Waals surface area contributed by atoms with Gasteiger partial charge in [0.2, 0.25) is 5.95 Å². The van der Waals surface area contributed by atoms with Crippen LogP contribution in [0.4, 0.5) is 24.9 Å². The van der Waals surface area contributed by atoms with E-state index in [0.717, 1.165) is 12.8 Å². The fraction of sp³-hybridized carbons (Fsp3) is 0.706. The number of alkyl halides is 3. The molecule has 1 heterocycles. The summed E-state index contributed by atoms with van der Waals surface area (Å²) in [7, 11) is 0. The highest BCUT2D eigenvalue weighted by Gasteiger charge is 2.78. The fourth-order valence-electron chi connectivity index (χ4n) is 4.60. The third-order valence-corrected chi connectivity index (χ3v) is 6.10. The van der Waals surface area contributed by atoms with Crippen LogP contribution in [-0.2, 0) is 0 Å². The number of hydrogen-bond acceptors (Lipinski definition) is 6. The maximum Gasteiger partial charge on any atom is 0.394 e. The van der Waals surface area contributed by atoms with Crippen molar-refractivity contribution in [2.45, 2.75) is 68.8 Å². The summed E-state index contributed by atoms with van der Waals surface area (Å²) in [5.41, 5.74) is 3.15. The average molecular weight is 385 g/mol. The first kappa shape index (κ1) is 18.3. The van der Waals surface area contributed by atoms with Gasteiger partial charge < -0.3 is 21.5 Å². The predicted octanol–water partition coefficient (Wildman–Crippen LogP) is 2.19. The number of aliphatic hydroxyl groups is 1. The second-order valence-corrected chi connectivity index (χ2v) is 8.18. The van der Waals surface area contributed by atoms with Crippen LogP contribution in [-0.4, -0.2) is 44.8 Å². The molecule has 27 heavy (non-hydrogen) atoms. The Morgan fingerprint density at radius 2 is 1.85 bits per heavy atom. The first-order chi connectivity index (χ1) is 12.6. The molecule has 4 aliphatic carbocycles. The van der Waals surface area contributed by atoms with E-state index in [1.807, 2.05) is 0 Å². The first-order valence-electron chi connectivity index (χ1n) is 9.08. The molecule has 10 heteroatoms. The Morgan fingerprint density at radius 3 is 2.41 bits per heavy atom. The van der Waals surface area contributed by atoms with Gasteiger partial charge >= 0.3 is 6.18 Å². The molecule has 0 aromatic carbocycles. The molecular formula is C17H22F3N5O2. The van der Waals surface area contributed by atoms with Crippen molar-refractivity contribution in [1.29, 1.82) is 0 Å². The number of aliphatic hydroxyl groups excluding tert-OH is 1. The van der Waals surface area contributed by atoms with Crippen molar-refractivity contribution in [3.05, 3.63) is 11.8 Å². The number of amides is 1. The summed E-state index contributed by atoms with van der Waals surface area (Å²) in [6.07, 6.45) is -0.348. The normalized spacial score (nSPS) is 35.0. The van der Waals surface area contributed by atoms with Crippen molar-refractivity contribution in [2.24, 2.45) is 11.1 Å². The van der Waals surface area contributed by atoms with E-state index in [-0.39, 0.29) is 42.8 Å². The Hall–Kier alpha value is -2.10. The molecule has 5 N–H and O–H groups in total. The van der Waals surface area contributed by atoms with Gasteiger partial charge in [-0.3, -0.25) is 4.79 Å². The van der Waals surface area contributed by atoms with E-state index in [4.69, 9.17) is 5.73 Å². The summed E-state index contributed by atoms with van der Waals surface area (Å²) in [6, 6.07) is 0.101. The van der Waals surface area contributed by atoms with Crippen LogP contribution in [0.5, 0.6) is 0 Å². The van der Waals surface area contributed by atoms with Crippen LogP contribution < -0.4 is 16.4 Å². The Balaban J connectivity index is 1.47. The second kappa shape index (κ2) is 5.95. The minimum Gasteiger partial charge on any atom is -0.393 e. The van der Waals surface area contributed by atoms with Gasteiger partial charge in [-0.25, -0.2) is 4.98 Å². The number of nitrogens with one attached hydrogen (secondary N) is 2. The van der Waals surface area contributed by atoms with E-state index in [0.29, 0.717) is 18.8 Å². The molecular weight excluding hydrogens is 363 g/mol. The van der Waals surface area contributed by atoms with Gasteiger partial charge in [0.25, 0.3) is 5.91 Å². The van der Waals surface area contributed by atoms with E-state index in [1.54, 1.807) is 0 Å². The lowest BCUT2D eigenvalue weighted by molar-refractivity contribution is -0.327. The van der Waals surface area contributed by atoms with Crippen molar-refractivity contribution in [2.75, 3.05) is 10.6 Å². The summed E-state index contributed by atoms with van der Waals surface area (Å²) in [5.74, 6) is -0.269. The molecule has 0 saturated heterocycles. The number of primary amides is 1. The highest BCUT2D eigenvalue weighted by atomic mass is 19.4. The van der Waals surface area contributed by atoms with Crippen LogP contribution in [0.3, 0.4) is 0 Å². The van der Waals surface area contributed by atoms with Crippen molar-refractivity contribution < 1.29 is 23.1 Å². The van der Waals surface area contributed by atoms with Gasteiger partial charge in [0, 0.05) is 17.8 Å². The van der Waals surface area contributed by atoms with Crippen LogP contribution >= 0.6 is 0 Å². The van der Waals surface area contributed by atoms with Gasteiger partial charge in [0.05, 0.1) is 17.1 Å². The van der Waals surface area contributed by atoms with E-state index >= 15 is 0 Å². The van der Waals surface area contributed by atoms with Crippen molar-refractivity contribution in [1.82, 2.24) is 9.97 Å². The number of anilines is 2. The molecule has 0 radical (unpaired) electrons. The Bertz CT molecular complexity index is 742. The summed E-state index contributed by atoms with van der Waals surface area (Å²) < 4.78 is 39.1. The molecule has 2 bridgehead atoms. The SMILES string of the molecule is NC(=O)c1cnc(NC2CCC(O)CC2)nc1NC12CC(C(F)(F)F)(C1)C2. The van der Waals surface area contributed by atoms with Crippen molar-refractivity contribution >= 4 is 17.7 Å². The minimum absolute atomic E-state index is 0.0189. The zero-order valence-electron chi connectivity index (χ0n) is 14.6. The van der Waals surface area contributed by atoms with Crippen LogP contribution in [0.2, 0.25) is 0 Å². The molecule has 4 saturated carbocycles. The minimum atomic E-state index is -4.20. The summed E-state index contributed by atoms with van der Waals surface area (Å²) in [6.45, 7) is 0. The number of hydrogen-bond donors (Lipinski definition) is 4. The smallest absolute Gasteiger partial charge is 0.393 e. The van der Waals surface area contributed by atoms with E-state index < -0.39 is 23.0 Å². The number of halogens is 3. The van der Waals surface area contributed by atoms with Crippen molar-refractivity contribution in [3.63, 3.8) is 0 Å². The highest BCUT2D eigenvalue weighted by molar-refractivity contribution is 5.97. The largest absolute Gasteiger partial charge is 0.394 e. The van der Waals surface area contributed by atoms with Gasteiger partial charge in [-0.1, -0.05) is 0 Å². The highest BCUT2D eigenvalue weighted by Crippen LogP contribution is 2.74. The zero-order valence-corrected chi connectivity index (χ0v) is 14.6. The van der Waals surface area contributed by atoms with Gasteiger partial charge in [-0.05, 0) is 44.9 Å². The monoisotopic (exact) mass is 385 g/mol. The third kappa shape index (κ3) is 3.09. The number of rotatable bonds is 5. The summed E-state index contributed by atoms with van der Waals surface area (Å²) in [4.78, 5) is 20.1. The molecule has 5 rings (SSSR count). The Labute approximate surface area is 153 Å². The zero-order chi connectivity index (χ0) is 19.4. The lowest BCUT2D eigenvalue weighted by Gasteiger charge is -2.70. The summed E-state index contributed by atoms with van der Waals surface area (Å²) >= 11 is 0. The van der Waals surface area contributed by atoms with E-state index in [2.05, 4.69) is 20.6 Å². The molecule has 1 amide bonds. The Kier molecular flexibility index (Phi) is 4.03. The van der Waals surface area contributed by atoms with E-state index in [1.165, 1.54) is 6.20 Å². The number of nitrogens with zero attached hydrogens (tertiary/aromatic N) is 2. The molecule has 4 fully saturated rings. The van der Waals surface area contributed by atoms with Crippen LogP contribution in [0.1, 0.15) is 55.3 Å². The number of carbonyl (C=O) groups excluding carboxylic acids is 1. The quantitative estimate of drug-likeness (QED) is 0.618. The molecule has 1 aromatic rings. The topological polar surface area (TPSA) is 113 Å². The van der Waals surface area contributed by atoms with Gasteiger partial charge in [0.15, 0.2) is 0 Å². The molecule has 0 spiro atoms. The van der Waals surface area contributed by atoms with Crippen LogP contribution in [0.15, 0.2) is 6.20 Å². The van der Waals surface area contributed by atoms with Gasteiger partial charge in [0.1, 0.15) is 5.82 Å². The van der Waals surface area contributed by atoms with Crippen LogP contribution in [0, 0.1) is 5.41 Å². The Morgan fingerprint density at radius 1 is 1.22 bits per heavy atom. The van der Waals surface area contributed by atoms with Gasteiger partial charge in [-0.2, -0.15) is 18.2 Å². The molecule has 148 valence electrons. The molecule has 0 aliphatic heterocycles. The standard InChI is InChI=1S/C17H22F3N5O2/c18-17(19,20)15-6-16(7-15,8-15)25-13-11(12(21)27)5-22-14(24-13)23-9-1-3-10(26)4-2-9/h5,9-10,26H,1-4,6-8H2,(H2,21,27)(H2,22,23,24,25). The average Bonchev–Trinajstić information content (AvgIpc) is 2.50. The maximum atomic E-state index is 13.0. The van der Waals surface area contributed by atoms with E-state index in [9.17, 15) is 23.1 Å². The molecule has 0 unspecified atom stereocenters. The number of aromatic nitrogens is 2.